The second kappa shape index (κ2) is 8.26. The van der Waals surface area contributed by atoms with Crippen LogP contribution in [0, 0.1) is 0 Å². The van der Waals surface area contributed by atoms with Crippen LogP contribution in [-0.4, -0.2) is 20.3 Å². The van der Waals surface area contributed by atoms with Crippen LogP contribution in [0.4, 0.5) is 5.69 Å². The molecule has 0 fully saturated rings. The number of hydrogen-bond donors (Lipinski definition) is 0. The summed E-state index contributed by atoms with van der Waals surface area (Å²) in [5.41, 5.74) is 5.92. The average molecular weight is 411 g/mol. The quantitative estimate of drug-likeness (QED) is 0.444. The summed E-state index contributed by atoms with van der Waals surface area (Å²) in [5, 5.41) is 4.66. The number of benzene rings is 2. The van der Waals surface area contributed by atoms with Crippen LogP contribution in [0.2, 0.25) is 0 Å². The fourth-order valence-corrected chi connectivity index (χ4v) is 4.17. The molecule has 5 heteroatoms. The molecule has 0 bridgehead atoms. The van der Waals surface area contributed by atoms with E-state index in [1.54, 1.807) is 0 Å². The first-order valence-electron chi connectivity index (χ1n) is 10.9. The van der Waals surface area contributed by atoms with E-state index in [1.807, 2.05) is 70.4 Å². The van der Waals surface area contributed by atoms with Crippen molar-refractivity contribution in [3.8, 4) is 11.3 Å². The maximum atomic E-state index is 13.5. The van der Waals surface area contributed by atoms with E-state index in [9.17, 15) is 4.79 Å². The number of carbonyl (C=O) groups excluding carboxylic acids is 1. The van der Waals surface area contributed by atoms with Crippen LogP contribution in [0.5, 0.6) is 0 Å². The first-order chi connectivity index (χ1) is 15.2. The maximum absolute atomic E-state index is 13.5. The van der Waals surface area contributed by atoms with Crippen molar-refractivity contribution in [2.75, 3.05) is 4.90 Å². The number of aryl methyl sites for hydroxylation is 1. The van der Waals surface area contributed by atoms with Crippen molar-refractivity contribution in [2.45, 2.75) is 39.4 Å². The zero-order chi connectivity index (χ0) is 21.2. The third-order valence-electron chi connectivity index (χ3n) is 5.92. The molecule has 0 aliphatic carbocycles. The van der Waals surface area contributed by atoms with Crippen molar-refractivity contribution in [3.63, 3.8) is 0 Å². The summed E-state index contributed by atoms with van der Waals surface area (Å²) in [6.45, 7) is 4.46. The Bertz CT molecular complexity index is 1200. The van der Waals surface area contributed by atoms with Gasteiger partial charge in [0.2, 0.25) is 0 Å². The molecule has 0 unspecified atom stereocenters. The Labute approximate surface area is 182 Å². The van der Waals surface area contributed by atoms with Crippen LogP contribution >= 0.6 is 0 Å². The van der Waals surface area contributed by atoms with Gasteiger partial charge in [-0.3, -0.25) is 9.48 Å². The number of anilines is 1. The van der Waals surface area contributed by atoms with Crippen LogP contribution in [-0.2, 0) is 19.6 Å². The predicted octanol–water partition coefficient (Wildman–Crippen LogP) is 5.36. The number of rotatable bonds is 5. The monoisotopic (exact) mass is 410 g/mol. The van der Waals surface area contributed by atoms with E-state index in [0.717, 1.165) is 54.1 Å². The fourth-order valence-electron chi connectivity index (χ4n) is 4.17. The van der Waals surface area contributed by atoms with Crippen LogP contribution in [0.25, 0.3) is 11.3 Å². The number of unbranched alkanes of at least 4 members (excludes halogenated alkanes) is 1. The number of para-hydroxylation sites is 1. The van der Waals surface area contributed by atoms with Gasteiger partial charge in [-0.15, -0.1) is 0 Å². The number of fused-ring (bicyclic) bond motifs is 2. The molecule has 1 aliphatic heterocycles. The van der Waals surface area contributed by atoms with Crippen LogP contribution < -0.4 is 4.90 Å². The van der Waals surface area contributed by atoms with E-state index in [4.69, 9.17) is 0 Å². The molecule has 0 radical (unpaired) electrons. The Balaban J connectivity index is 1.42. The normalized spacial score (nSPS) is 12.9. The number of amides is 1. The summed E-state index contributed by atoms with van der Waals surface area (Å²) in [5.74, 6) is 0.0159. The van der Waals surface area contributed by atoms with E-state index in [-0.39, 0.29) is 5.91 Å². The highest BCUT2D eigenvalue weighted by Gasteiger charge is 2.24. The van der Waals surface area contributed by atoms with Crippen LogP contribution in [0.1, 0.15) is 41.4 Å². The Morgan fingerprint density at radius 2 is 1.77 bits per heavy atom. The standard InChI is InChI=1S/C26H26N4O/c1-2-3-16-29-17-14-24(27-29)20-10-12-21(13-11-20)26(31)30-19-23-8-6-15-28(23)18-22-7-4-5-9-25(22)30/h4-15,17H,2-3,16,18-19H2,1H3. The Morgan fingerprint density at radius 3 is 2.61 bits per heavy atom. The molecular weight excluding hydrogens is 384 g/mol. The minimum Gasteiger partial charge on any atom is -0.345 e. The molecule has 0 spiro atoms. The Hall–Kier alpha value is -3.60. The van der Waals surface area contributed by atoms with E-state index in [1.165, 1.54) is 0 Å². The molecule has 0 saturated carbocycles. The van der Waals surface area contributed by atoms with E-state index in [0.29, 0.717) is 12.1 Å². The third kappa shape index (κ3) is 3.79. The molecule has 31 heavy (non-hydrogen) atoms. The molecule has 0 saturated heterocycles. The molecule has 2 aromatic carbocycles. The van der Waals surface area contributed by atoms with Gasteiger partial charge in [0.05, 0.1) is 12.2 Å². The number of carbonyl (C=O) groups is 1. The maximum Gasteiger partial charge on any atom is 0.258 e. The van der Waals surface area contributed by atoms with Gasteiger partial charge in [0.25, 0.3) is 5.91 Å². The molecule has 0 N–H and O–H groups in total. The van der Waals surface area contributed by atoms with Crippen molar-refractivity contribution in [2.24, 2.45) is 0 Å². The van der Waals surface area contributed by atoms with Gasteiger partial charge in [-0.2, -0.15) is 5.10 Å². The van der Waals surface area contributed by atoms with Gasteiger partial charge in [-0.25, -0.2) is 0 Å². The zero-order valence-electron chi connectivity index (χ0n) is 17.7. The topological polar surface area (TPSA) is 43.1 Å². The number of aromatic nitrogens is 3. The van der Waals surface area contributed by atoms with Gasteiger partial charge in [0.1, 0.15) is 0 Å². The lowest BCUT2D eigenvalue weighted by Crippen LogP contribution is -2.30. The summed E-state index contributed by atoms with van der Waals surface area (Å²) in [7, 11) is 0. The number of nitrogens with zero attached hydrogens (tertiary/aromatic N) is 4. The summed E-state index contributed by atoms with van der Waals surface area (Å²) >= 11 is 0. The van der Waals surface area contributed by atoms with Gasteiger partial charge >= 0.3 is 0 Å². The van der Waals surface area contributed by atoms with E-state index >= 15 is 0 Å². The average Bonchev–Trinajstić information content (AvgIpc) is 3.43. The first-order valence-corrected chi connectivity index (χ1v) is 10.9. The van der Waals surface area contributed by atoms with Gasteiger partial charge in [0.15, 0.2) is 0 Å². The summed E-state index contributed by atoms with van der Waals surface area (Å²) in [6.07, 6.45) is 6.37. The van der Waals surface area contributed by atoms with Crippen molar-refractivity contribution >= 4 is 11.6 Å². The van der Waals surface area contributed by atoms with E-state index in [2.05, 4.69) is 34.9 Å². The molecule has 5 nitrogen and oxygen atoms in total. The summed E-state index contributed by atoms with van der Waals surface area (Å²) < 4.78 is 4.20. The van der Waals surface area contributed by atoms with E-state index < -0.39 is 0 Å². The Morgan fingerprint density at radius 1 is 0.935 bits per heavy atom. The largest absolute Gasteiger partial charge is 0.345 e. The molecule has 0 atom stereocenters. The molecule has 156 valence electrons. The molecule has 2 aromatic heterocycles. The van der Waals surface area contributed by atoms with Gasteiger partial charge < -0.3 is 9.47 Å². The lowest BCUT2D eigenvalue weighted by Gasteiger charge is -2.23. The molecule has 1 aliphatic rings. The molecule has 1 amide bonds. The highest BCUT2D eigenvalue weighted by Crippen LogP contribution is 2.29. The lowest BCUT2D eigenvalue weighted by molar-refractivity contribution is 0.0985. The van der Waals surface area contributed by atoms with Gasteiger partial charge in [-0.1, -0.05) is 43.7 Å². The highest BCUT2D eigenvalue weighted by atomic mass is 16.2. The van der Waals surface area contributed by atoms with Crippen molar-refractivity contribution < 1.29 is 4.79 Å². The minimum absolute atomic E-state index is 0.0159. The number of hydrogen-bond acceptors (Lipinski definition) is 2. The van der Waals surface area contributed by atoms with Gasteiger partial charge in [-0.05, 0) is 48.4 Å². The van der Waals surface area contributed by atoms with Gasteiger partial charge in [0, 0.05) is 48.0 Å². The smallest absolute Gasteiger partial charge is 0.258 e. The molecule has 5 rings (SSSR count). The van der Waals surface area contributed by atoms with Crippen molar-refractivity contribution in [1.29, 1.82) is 0 Å². The summed E-state index contributed by atoms with van der Waals surface area (Å²) in [6, 6.07) is 22.1. The van der Waals surface area contributed by atoms with Crippen LogP contribution in [0.3, 0.4) is 0 Å². The second-order valence-corrected chi connectivity index (χ2v) is 8.04. The van der Waals surface area contributed by atoms with Crippen molar-refractivity contribution in [1.82, 2.24) is 14.3 Å². The molecular formula is C26H26N4O. The highest BCUT2D eigenvalue weighted by molar-refractivity contribution is 6.06. The predicted molar refractivity (Wildman–Crippen MR) is 123 cm³/mol. The molecule has 4 aromatic rings. The fraction of sp³-hybridized carbons (Fsp3) is 0.231. The van der Waals surface area contributed by atoms with Crippen molar-refractivity contribution in [3.05, 3.63) is 95.9 Å². The first kappa shape index (κ1) is 19.4. The van der Waals surface area contributed by atoms with Crippen LogP contribution in [0.15, 0.2) is 79.1 Å². The SMILES string of the molecule is CCCCn1ccc(-c2ccc(C(=O)N3Cc4cccn4Cc4ccccc43)cc2)n1. The minimum atomic E-state index is 0.0159. The third-order valence-corrected chi connectivity index (χ3v) is 5.92. The zero-order valence-corrected chi connectivity index (χ0v) is 17.7. The lowest BCUT2D eigenvalue weighted by atomic mass is 10.1. The Kier molecular flexibility index (Phi) is 5.16. The second-order valence-electron chi connectivity index (χ2n) is 8.04. The summed E-state index contributed by atoms with van der Waals surface area (Å²) in [4.78, 5) is 15.4. The molecule has 3 heterocycles.